The molecule has 0 aliphatic carbocycles. The van der Waals surface area contributed by atoms with Crippen molar-refractivity contribution in [1.82, 2.24) is 0 Å². The van der Waals surface area contributed by atoms with Gasteiger partial charge in [0.1, 0.15) is 0 Å². The van der Waals surface area contributed by atoms with E-state index in [1.165, 1.54) is 42.5 Å². The first-order valence-corrected chi connectivity index (χ1v) is 5.24. The van der Waals surface area contributed by atoms with Crippen LogP contribution in [0.3, 0.4) is 0 Å². The van der Waals surface area contributed by atoms with E-state index in [0.717, 1.165) is 11.8 Å². The summed E-state index contributed by atoms with van der Waals surface area (Å²) in [6, 6.07) is 0. The van der Waals surface area contributed by atoms with Crippen LogP contribution in [0.5, 0.6) is 0 Å². The molecule has 0 unspecified atom stereocenters. The van der Waals surface area contributed by atoms with Crippen molar-refractivity contribution in [1.29, 1.82) is 0 Å². The molecule has 4 aliphatic heterocycles. The third-order valence-corrected chi connectivity index (χ3v) is 4.15. The standard InChI is InChI=1S/C9H19BN2/c1-11-4-8-3-9(5-11)7-12(2,6-8)10-11/h8-10H,3-7H2,1-2H3/q+2. The summed E-state index contributed by atoms with van der Waals surface area (Å²) >= 11 is 0. The molecule has 0 atom stereocenters. The van der Waals surface area contributed by atoms with E-state index >= 15 is 0 Å². The Bertz CT molecular complexity index is 195. The molecule has 0 aromatic carbocycles. The van der Waals surface area contributed by atoms with E-state index in [4.69, 9.17) is 0 Å². The molecule has 66 valence electrons. The summed E-state index contributed by atoms with van der Waals surface area (Å²) in [7, 11) is 6.34. The van der Waals surface area contributed by atoms with Crippen molar-refractivity contribution in [3.05, 3.63) is 0 Å². The number of hydrogen-bond donors (Lipinski definition) is 0. The molecule has 4 aliphatic rings. The van der Waals surface area contributed by atoms with Crippen molar-refractivity contribution in [3.8, 4) is 0 Å². The maximum Gasteiger partial charge on any atom is 0.657 e. The predicted molar refractivity (Wildman–Crippen MR) is 50.6 cm³/mol. The molecular formula is C9H19BN2+2. The maximum absolute atomic E-state index is 2.47. The van der Waals surface area contributed by atoms with Crippen LogP contribution in [0.15, 0.2) is 0 Å². The minimum absolute atomic E-state index is 1.06. The summed E-state index contributed by atoms with van der Waals surface area (Å²) in [6.45, 7) is 5.91. The van der Waals surface area contributed by atoms with Gasteiger partial charge >= 0.3 is 7.55 Å². The summed E-state index contributed by atoms with van der Waals surface area (Å²) in [5.41, 5.74) is 0. The van der Waals surface area contributed by atoms with Crippen LogP contribution in [0.1, 0.15) is 6.42 Å². The van der Waals surface area contributed by atoms with E-state index in [0.29, 0.717) is 0 Å². The van der Waals surface area contributed by atoms with Crippen LogP contribution in [-0.4, -0.2) is 56.6 Å². The lowest BCUT2D eigenvalue weighted by Gasteiger charge is -2.59. The Hall–Kier alpha value is -0.0151. The molecule has 0 aromatic rings. The van der Waals surface area contributed by atoms with Crippen LogP contribution in [0.4, 0.5) is 0 Å². The highest BCUT2D eigenvalue weighted by Crippen LogP contribution is 2.39. The van der Waals surface area contributed by atoms with E-state index in [2.05, 4.69) is 14.1 Å². The average Bonchev–Trinajstić information content (AvgIpc) is 1.75. The Kier molecular flexibility index (Phi) is 1.17. The zero-order valence-electron chi connectivity index (χ0n) is 8.29. The number of quaternary nitrogens is 2. The largest absolute Gasteiger partial charge is 0.657 e. The molecule has 0 saturated carbocycles. The Balaban J connectivity index is 1.98. The number of piperidine rings is 2. The van der Waals surface area contributed by atoms with Gasteiger partial charge in [-0.1, -0.05) is 0 Å². The fourth-order valence-corrected chi connectivity index (χ4v) is 4.58. The Labute approximate surface area is 75.6 Å². The van der Waals surface area contributed by atoms with Crippen molar-refractivity contribution >= 4 is 7.55 Å². The molecule has 0 spiro atoms. The second-order valence-corrected chi connectivity index (χ2v) is 6.08. The summed E-state index contributed by atoms with van der Waals surface area (Å²) in [5, 5.41) is 0. The SMILES string of the molecule is C[N+]12B[N+]3(C)CC(CC(C1)C3)C2. The smallest absolute Gasteiger partial charge is 0.339 e. The van der Waals surface area contributed by atoms with Crippen LogP contribution < -0.4 is 0 Å². The molecule has 2 nitrogen and oxygen atoms in total. The minimum atomic E-state index is 1.06. The second kappa shape index (κ2) is 1.90. The third-order valence-electron chi connectivity index (χ3n) is 4.15. The molecule has 3 heteroatoms. The van der Waals surface area contributed by atoms with Crippen molar-refractivity contribution in [2.24, 2.45) is 11.8 Å². The lowest BCUT2D eigenvalue weighted by atomic mass is 9.69. The van der Waals surface area contributed by atoms with Crippen LogP contribution in [0.2, 0.25) is 0 Å². The van der Waals surface area contributed by atoms with Crippen LogP contribution in [0, 0.1) is 11.8 Å². The van der Waals surface area contributed by atoms with Gasteiger partial charge in [0, 0.05) is 0 Å². The molecule has 4 saturated heterocycles. The third kappa shape index (κ3) is 0.897. The number of hydrogen-bond acceptors (Lipinski definition) is 0. The number of nitrogens with zero attached hydrogens (tertiary/aromatic N) is 2. The minimum Gasteiger partial charge on any atom is -0.339 e. The van der Waals surface area contributed by atoms with Crippen LogP contribution in [0.25, 0.3) is 0 Å². The van der Waals surface area contributed by atoms with Gasteiger partial charge in [-0.15, -0.1) is 0 Å². The van der Waals surface area contributed by atoms with Gasteiger partial charge in [-0.3, -0.25) is 0 Å². The van der Waals surface area contributed by atoms with E-state index in [9.17, 15) is 0 Å². The first kappa shape index (κ1) is 7.39. The van der Waals surface area contributed by atoms with Crippen molar-refractivity contribution in [2.75, 3.05) is 40.3 Å². The molecule has 12 heavy (non-hydrogen) atoms. The zero-order chi connectivity index (χ0) is 8.40. The van der Waals surface area contributed by atoms with E-state index in [-0.39, 0.29) is 0 Å². The molecule has 4 heterocycles. The molecule has 0 aromatic heterocycles. The molecule has 0 amide bonds. The van der Waals surface area contributed by atoms with E-state index in [1.54, 1.807) is 6.42 Å². The molecule has 4 bridgehead atoms. The molecular weight excluding hydrogens is 147 g/mol. The van der Waals surface area contributed by atoms with E-state index < -0.39 is 0 Å². The summed E-state index contributed by atoms with van der Waals surface area (Å²) in [5.74, 6) is 2.11. The summed E-state index contributed by atoms with van der Waals surface area (Å²) < 4.78 is 2.76. The highest BCUT2D eigenvalue weighted by molar-refractivity contribution is 6.16. The topological polar surface area (TPSA) is 0 Å². The van der Waals surface area contributed by atoms with Gasteiger partial charge in [-0.05, 0) is 6.42 Å². The monoisotopic (exact) mass is 166 g/mol. The Morgan fingerprint density at radius 1 is 0.917 bits per heavy atom. The first-order valence-electron chi connectivity index (χ1n) is 5.24. The van der Waals surface area contributed by atoms with Crippen molar-refractivity contribution in [2.45, 2.75) is 6.42 Å². The van der Waals surface area contributed by atoms with Gasteiger partial charge in [0.05, 0.1) is 52.1 Å². The number of rotatable bonds is 0. The second-order valence-electron chi connectivity index (χ2n) is 6.08. The normalized spacial score (nSPS) is 61.8. The van der Waals surface area contributed by atoms with Crippen molar-refractivity contribution < 1.29 is 8.79 Å². The highest BCUT2D eigenvalue weighted by Gasteiger charge is 2.58. The lowest BCUT2D eigenvalue weighted by molar-refractivity contribution is -0.968. The Morgan fingerprint density at radius 3 is 1.67 bits per heavy atom. The molecule has 4 rings (SSSR count). The average molecular weight is 166 g/mol. The molecule has 4 fully saturated rings. The van der Waals surface area contributed by atoms with Crippen LogP contribution in [-0.2, 0) is 0 Å². The van der Waals surface area contributed by atoms with Gasteiger partial charge in [0.25, 0.3) is 0 Å². The Morgan fingerprint density at radius 2 is 1.33 bits per heavy atom. The fourth-order valence-electron chi connectivity index (χ4n) is 4.58. The molecule has 0 radical (unpaired) electrons. The molecule has 0 N–H and O–H groups in total. The van der Waals surface area contributed by atoms with Crippen LogP contribution >= 0.6 is 0 Å². The fraction of sp³-hybridized carbons (Fsp3) is 1.00. The van der Waals surface area contributed by atoms with E-state index in [1.807, 2.05) is 0 Å². The van der Waals surface area contributed by atoms with Gasteiger partial charge in [-0.25, -0.2) is 0 Å². The zero-order valence-corrected chi connectivity index (χ0v) is 8.29. The van der Waals surface area contributed by atoms with Gasteiger partial charge < -0.3 is 8.79 Å². The quantitative estimate of drug-likeness (QED) is 0.437. The highest BCUT2D eigenvalue weighted by atomic mass is 15.5. The summed E-state index contributed by atoms with van der Waals surface area (Å²) in [6.07, 6.45) is 1.54. The van der Waals surface area contributed by atoms with Gasteiger partial charge in [0.15, 0.2) is 0 Å². The first-order chi connectivity index (χ1) is 5.57. The lowest BCUT2D eigenvalue weighted by Crippen LogP contribution is -2.78. The van der Waals surface area contributed by atoms with Crippen molar-refractivity contribution in [3.63, 3.8) is 0 Å². The summed E-state index contributed by atoms with van der Waals surface area (Å²) in [4.78, 5) is 0. The predicted octanol–water partition coefficient (Wildman–Crippen LogP) is -0.191. The maximum atomic E-state index is 2.47. The van der Waals surface area contributed by atoms with Gasteiger partial charge in [0.2, 0.25) is 0 Å². The van der Waals surface area contributed by atoms with Gasteiger partial charge in [-0.2, -0.15) is 0 Å².